The van der Waals surface area contributed by atoms with E-state index in [2.05, 4.69) is 34.1 Å². The molecule has 2 heterocycles. The van der Waals surface area contributed by atoms with Crippen LogP contribution in [0.2, 0.25) is 0 Å². The average Bonchev–Trinajstić information content (AvgIpc) is 3.11. The van der Waals surface area contributed by atoms with Crippen molar-refractivity contribution in [2.75, 3.05) is 53.4 Å². The van der Waals surface area contributed by atoms with Crippen molar-refractivity contribution in [1.29, 1.82) is 0 Å². The Morgan fingerprint density at radius 3 is 2.57 bits per heavy atom. The molecule has 0 bridgehead atoms. The molecule has 0 radical (unpaired) electrons. The van der Waals surface area contributed by atoms with Crippen molar-refractivity contribution in [2.45, 2.75) is 71.4 Å². The molecule has 1 amide bonds. The van der Waals surface area contributed by atoms with Gasteiger partial charge in [0, 0.05) is 46.3 Å². The first-order valence-electron chi connectivity index (χ1n) is 11.4. The molecular weight excluding hydrogens is 493 g/mol. The lowest BCUT2D eigenvalue weighted by Gasteiger charge is -2.34. The van der Waals surface area contributed by atoms with E-state index in [0.29, 0.717) is 12.0 Å². The van der Waals surface area contributed by atoms with E-state index in [1.807, 2.05) is 32.7 Å². The third-order valence-corrected chi connectivity index (χ3v) is 5.97. The zero-order valence-corrected chi connectivity index (χ0v) is 22.3. The van der Waals surface area contributed by atoms with Crippen LogP contribution in [-0.2, 0) is 4.74 Å². The summed E-state index contributed by atoms with van der Waals surface area (Å²) in [5.41, 5.74) is -0.435. The molecule has 0 saturated carbocycles. The lowest BCUT2D eigenvalue weighted by Crippen LogP contribution is -2.47. The summed E-state index contributed by atoms with van der Waals surface area (Å²) in [7, 11) is 3.99. The van der Waals surface area contributed by atoms with E-state index in [0.717, 1.165) is 51.5 Å². The summed E-state index contributed by atoms with van der Waals surface area (Å²) >= 11 is 0. The standard InChI is InChI=1S/C22H43N5O2.HI/c1-7-26-14-9-11-19(26)17-25(6)20(23-5)24-13-12-18-10-8-15-27(16-18)21(28)29-22(2,3)4;/h18-19H,7-17H2,1-6H3,(H,23,24);1H. The largest absolute Gasteiger partial charge is 0.444 e. The number of carbonyl (C=O) groups is 1. The Morgan fingerprint density at radius 1 is 1.23 bits per heavy atom. The van der Waals surface area contributed by atoms with E-state index in [-0.39, 0.29) is 30.1 Å². The number of carbonyl (C=O) groups excluding carboxylic acids is 1. The van der Waals surface area contributed by atoms with Crippen LogP contribution in [0.15, 0.2) is 4.99 Å². The second-order valence-electron chi connectivity index (χ2n) is 9.50. The van der Waals surface area contributed by atoms with E-state index in [9.17, 15) is 4.79 Å². The molecule has 2 saturated heterocycles. The molecule has 30 heavy (non-hydrogen) atoms. The summed E-state index contributed by atoms with van der Waals surface area (Å²) in [6, 6.07) is 0.629. The topological polar surface area (TPSA) is 60.4 Å². The van der Waals surface area contributed by atoms with Gasteiger partial charge in [-0.2, -0.15) is 0 Å². The molecule has 0 aromatic heterocycles. The van der Waals surface area contributed by atoms with Crippen molar-refractivity contribution in [3.05, 3.63) is 0 Å². The summed E-state index contributed by atoms with van der Waals surface area (Å²) in [5.74, 6) is 1.48. The maximum atomic E-state index is 12.4. The van der Waals surface area contributed by atoms with Crippen molar-refractivity contribution in [2.24, 2.45) is 10.9 Å². The van der Waals surface area contributed by atoms with E-state index >= 15 is 0 Å². The fourth-order valence-corrected chi connectivity index (χ4v) is 4.49. The third-order valence-electron chi connectivity index (χ3n) is 5.97. The first kappa shape index (κ1) is 27.3. The van der Waals surface area contributed by atoms with Crippen LogP contribution in [0.5, 0.6) is 0 Å². The highest BCUT2D eigenvalue weighted by Gasteiger charge is 2.28. The van der Waals surface area contributed by atoms with Crippen LogP contribution in [0, 0.1) is 5.92 Å². The molecule has 0 spiro atoms. The average molecular weight is 538 g/mol. The van der Waals surface area contributed by atoms with Gasteiger partial charge in [0.2, 0.25) is 0 Å². The normalized spacial score (nSPS) is 23.1. The molecule has 176 valence electrons. The Hall–Kier alpha value is -0.770. The van der Waals surface area contributed by atoms with E-state index < -0.39 is 5.60 Å². The Kier molecular flexibility index (Phi) is 11.8. The zero-order valence-electron chi connectivity index (χ0n) is 19.9. The summed E-state index contributed by atoms with van der Waals surface area (Å²) < 4.78 is 5.54. The molecule has 2 fully saturated rings. The van der Waals surface area contributed by atoms with Crippen molar-refractivity contribution < 1.29 is 9.53 Å². The number of halogens is 1. The summed E-state index contributed by atoms with van der Waals surface area (Å²) in [6.45, 7) is 13.8. The fraction of sp³-hybridized carbons (Fsp3) is 0.909. The van der Waals surface area contributed by atoms with Gasteiger partial charge < -0.3 is 19.9 Å². The second-order valence-corrected chi connectivity index (χ2v) is 9.50. The van der Waals surface area contributed by atoms with Gasteiger partial charge in [-0.25, -0.2) is 4.79 Å². The number of nitrogens with one attached hydrogen (secondary N) is 1. The van der Waals surface area contributed by atoms with Gasteiger partial charge >= 0.3 is 6.09 Å². The first-order valence-corrected chi connectivity index (χ1v) is 11.4. The Balaban J connectivity index is 0.00000450. The lowest BCUT2D eigenvalue weighted by atomic mass is 9.95. The highest BCUT2D eigenvalue weighted by Crippen LogP contribution is 2.21. The van der Waals surface area contributed by atoms with Gasteiger partial charge in [0.15, 0.2) is 5.96 Å². The van der Waals surface area contributed by atoms with Gasteiger partial charge in [-0.1, -0.05) is 6.92 Å². The van der Waals surface area contributed by atoms with Crippen LogP contribution in [0.3, 0.4) is 0 Å². The molecule has 2 unspecified atom stereocenters. The molecule has 0 aliphatic carbocycles. The molecule has 0 aromatic rings. The number of ether oxygens (including phenoxy) is 1. The van der Waals surface area contributed by atoms with Gasteiger partial charge in [0.1, 0.15) is 5.60 Å². The van der Waals surface area contributed by atoms with Crippen LogP contribution in [0.4, 0.5) is 4.79 Å². The SMILES string of the molecule is CCN1CCCC1CN(C)C(=NC)NCCC1CCCN(C(=O)OC(C)(C)C)C1.I. The van der Waals surface area contributed by atoms with Crippen molar-refractivity contribution in [3.63, 3.8) is 0 Å². The number of likely N-dealkylation sites (N-methyl/N-ethyl adjacent to an activating group) is 2. The summed E-state index contributed by atoms with van der Waals surface area (Å²) in [5, 5.41) is 3.53. The van der Waals surface area contributed by atoms with Crippen LogP contribution in [-0.4, -0.2) is 91.8 Å². The quantitative estimate of drug-likeness (QED) is 0.319. The number of hydrogen-bond donors (Lipinski definition) is 1. The van der Waals surface area contributed by atoms with Crippen molar-refractivity contribution in [3.8, 4) is 0 Å². The minimum Gasteiger partial charge on any atom is -0.444 e. The number of guanidine groups is 1. The minimum atomic E-state index is -0.435. The predicted octanol–water partition coefficient (Wildman–Crippen LogP) is 3.63. The monoisotopic (exact) mass is 537 g/mol. The molecule has 8 heteroatoms. The first-order chi connectivity index (χ1) is 13.7. The zero-order chi connectivity index (χ0) is 21.4. The number of nitrogens with zero attached hydrogens (tertiary/aromatic N) is 4. The molecule has 1 N–H and O–H groups in total. The van der Waals surface area contributed by atoms with Gasteiger partial charge in [-0.3, -0.25) is 9.89 Å². The highest BCUT2D eigenvalue weighted by atomic mass is 127. The molecule has 2 rings (SSSR count). The van der Waals surface area contributed by atoms with Gasteiger partial charge in [0.25, 0.3) is 0 Å². The number of aliphatic imine (C=N–C) groups is 1. The molecule has 2 aliphatic heterocycles. The highest BCUT2D eigenvalue weighted by molar-refractivity contribution is 14.0. The fourth-order valence-electron chi connectivity index (χ4n) is 4.49. The van der Waals surface area contributed by atoms with E-state index in [1.165, 1.54) is 25.8 Å². The second kappa shape index (κ2) is 12.9. The number of amides is 1. The van der Waals surface area contributed by atoms with Crippen molar-refractivity contribution in [1.82, 2.24) is 20.0 Å². The molecular formula is C22H44IN5O2. The molecule has 0 aromatic carbocycles. The van der Waals surface area contributed by atoms with Gasteiger partial charge in [0.05, 0.1) is 0 Å². The smallest absolute Gasteiger partial charge is 0.410 e. The van der Waals surface area contributed by atoms with Crippen LogP contribution in [0.25, 0.3) is 0 Å². The summed E-state index contributed by atoms with van der Waals surface area (Å²) in [6.07, 6.45) is 5.65. The Morgan fingerprint density at radius 2 is 1.93 bits per heavy atom. The predicted molar refractivity (Wildman–Crippen MR) is 135 cm³/mol. The maximum absolute atomic E-state index is 12.4. The summed E-state index contributed by atoms with van der Waals surface area (Å²) in [4.78, 5) is 23.5. The van der Waals surface area contributed by atoms with Crippen LogP contribution < -0.4 is 5.32 Å². The molecule has 7 nitrogen and oxygen atoms in total. The van der Waals surface area contributed by atoms with Crippen LogP contribution in [0.1, 0.15) is 59.8 Å². The number of piperidine rings is 1. The number of likely N-dealkylation sites (tertiary alicyclic amines) is 2. The Labute approximate surface area is 201 Å². The minimum absolute atomic E-state index is 0. The molecule has 2 atom stereocenters. The van der Waals surface area contributed by atoms with E-state index in [4.69, 9.17) is 4.74 Å². The number of rotatable bonds is 6. The van der Waals surface area contributed by atoms with Crippen molar-refractivity contribution >= 4 is 36.0 Å². The van der Waals surface area contributed by atoms with Gasteiger partial charge in [-0.05, 0) is 71.9 Å². The third kappa shape index (κ3) is 8.77. The van der Waals surface area contributed by atoms with E-state index in [1.54, 1.807) is 0 Å². The lowest BCUT2D eigenvalue weighted by molar-refractivity contribution is 0.0162. The maximum Gasteiger partial charge on any atom is 0.410 e. The van der Waals surface area contributed by atoms with Crippen LogP contribution >= 0.6 is 24.0 Å². The van der Waals surface area contributed by atoms with Gasteiger partial charge in [-0.15, -0.1) is 24.0 Å². The Bertz CT molecular complexity index is 552. The molecule has 2 aliphatic rings. The number of hydrogen-bond acceptors (Lipinski definition) is 4.